The predicted molar refractivity (Wildman–Crippen MR) is 102 cm³/mol. The van der Waals surface area contributed by atoms with Crippen molar-refractivity contribution in [2.75, 3.05) is 13.6 Å². The predicted octanol–water partition coefficient (Wildman–Crippen LogP) is 3.96. The van der Waals surface area contributed by atoms with Gasteiger partial charge in [0.15, 0.2) is 5.96 Å². The zero-order valence-corrected chi connectivity index (χ0v) is 16.6. The maximum absolute atomic E-state index is 4.22. The largest absolute Gasteiger partial charge is 0.356 e. The van der Waals surface area contributed by atoms with Gasteiger partial charge in [-0.25, -0.2) is 0 Å². The first kappa shape index (κ1) is 19.7. The van der Waals surface area contributed by atoms with Crippen LogP contribution in [0.15, 0.2) is 33.7 Å². The van der Waals surface area contributed by atoms with Gasteiger partial charge in [0, 0.05) is 23.6 Å². The highest BCUT2D eigenvalue weighted by Gasteiger charge is 2.11. The monoisotopic (exact) mass is 453 g/mol. The summed E-state index contributed by atoms with van der Waals surface area (Å²) in [7, 11) is 1.80. The molecule has 3 nitrogen and oxygen atoms in total. The molecule has 1 aromatic rings. The molecule has 0 radical (unpaired) electrons. The van der Waals surface area contributed by atoms with Crippen molar-refractivity contribution in [2.45, 2.75) is 39.2 Å². The van der Waals surface area contributed by atoms with Gasteiger partial charge < -0.3 is 10.6 Å². The van der Waals surface area contributed by atoms with Crippen LogP contribution in [0.4, 0.5) is 0 Å². The van der Waals surface area contributed by atoms with Gasteiger partial charge in [-0.15, -0.1) is 24.0 Å². The molecule has 0 spiro atoms. The molecule has 2 N–H and O–H groups in total. The summed E-state index contributed by atoms with van der Waals surface area (Å²) in [5.41, 5.74) is 1.39. The number of rotatable bonds is 4. The molecule has 0 saturated carbocycles. The Bertz CT molecular complexity index is 427. The van der Waals surface area contributed by atoms with Crippen LogP contribution in [0.5, 0.6) is 0 Å². The summed E-state index contributed by atoms with van der Waals surface area (Å²) < 4.78 is 1.14. The first-order valence-electron chi connectivity index (χ1n) is 6.64. The number of guanidine groups is 1. The van der Waals surface area contributed by atoms with E-state index in [9.17, 15) is 0 Å². The summed E-state index contributed by atoms with van der Waals surface area (Å²) in [4.78, 5) is 4.22. The smallest absolute Gasteiger partial charge is 0.191 e. The van der Waals surface area contributed by atoms with Crippen LogP contribution >= 0.6 is 39.9 Å². The molecule has 0 aliphatic heterocycles. The molecule has 0 saturated heterocycles. The number of nitrogens with zero attached hydrogens (tertiary/aromatic N) is 1. The van der Waals surface area contributed by atoms with Crippen molar-refractivity contribution in [3.63, 3.8) is 0 Å². The molecule has 5 heteroatoms. The van der Waals surface area contributed by atoms with Crippen molar-refractivity contribution in [1.29, 1.82) is 0 Å². The lowest BCUT2D eigenvalue weighted by Crippen LogP contribution is -2.47. The summed E-state index contributed by atoms with van der Waals surface area (Å²) >= 11 is 3.49. The van der Waals surface area contributed by atoms with E-state index in [1.54, 1.807) is 7.05 Å². The third-order valence-electron chi connectivity index (χ3n) is 2.54. The molecule has 0 atom stereocenters. The maximum Gasteiger partial charge on any atom is 0.191 e. The molecule has 0 aliphatic carbocycles. The normalized spacial score (nSPS) is 11.8. The molecule has 0 fully saturated rings. The standard InChI is InChI=1S/C15H24BrN3.HI/c1-15(2,3)19-14(17-4)18-10-6-8-12-7-5-9-13(16)11-12;/h5,7,9,11H,6,8,10H2,1-4H3,(H2,17,18,19);1H. The molecule has 1 aromatic carbocycles. The zero-order chi connectivity index (χ0) is 14.3. The molecule has 0 heterocycles. The van der Waals surface area contributed by atoms with Crippen LogP contribution in [0.25, 0.3) is 0 Å². The van der Waals surface area contributed by atoms with Crippen molar-refractivity contribution < 1.29 is 0 Å². The molecule has 0 aliphatic rings. The number of aryl methyl sites for hydroxylation is 1. The van der Waals surface area contributed by atoms with Gasteiger partial charge in [-0.05, 0) is 51.3 Å². The molecular formula is C15H25BrIN3. The Kier molecular flexibility index (Phi) is 9.46. The Labute approximate surface area is 148 Å². The molecule has 1 rings (SSSR count). The number of aliphatic imine (C=N–C) groups is 1. The van der Waals surface area contributed by atoms with Crippen molar-refractivity contribution in [2.24, 2.45) is 4.99 Å². The van der Waals surface area contributed by atoms with Crippen LogP contribution in [0.3, 0.4) is 0 Å². The number of hydrogen-bond donors (Lipinski definition) is 2. The fourth-order valence-corrected chi connectivity index (χ4v) is 2.17. The van der Waals surface area contributed by atoms with Crippen LogP contribution in [0.2, 0.25) is 0 Å². The van der Waals surface area contributed by atoms with Gasteiger partial charge in [0.25, 0.3) is 0 Å². The lowest BCUT2D eigenvalue weighted by atomic mass is 10.1. The third-order valence-corrected chi connectivity index (χ3v) is 3.03. The van der Waals surface area contributed by atoms with E-state index in [-0.39, 0.29) is 29.5 Å². The number of nitrogens with one attached hydrogen (secondary N) is 2. The highest BCUT2D eigenvalue weighted by molar-refractivity contribution is 14.0. The quantitative estimate of drug-likeness (QED) is 0.313. The van der Waals surface area contributed by atoms with Crippen molar-refractivity contribution in [3.05, 3.63) is 34.3 Å². The first-order chi connectivity index (χ1) is 8.90. The van der Waals surface area contributed by atoms with E-state index in [1.807, 2.05) is 0 Å². The SMILES string of the molecule is CN=C(NCCCc1cccc(Br)c1)NC(C)(C)C.I. The fourth-order valence-electron chi connectivity index (χ4n) is 1.73. The second-order valence-corrected chi connectivity index (χ2v) is 6.52. The van der Waals surface area contributed by atoms with Crippen LogP contribution < -0.4 is 10.6 Å². The van der Waals surface area contributed by atoms with Crippen LogP contribution in [-0.2, 0) is 6.42 Å². The molecular weight excluding hydrogens is 429 g/mol. The Balaban J connectivity index is 0.00000361. The van der Waals surface area contributed by atoms with Crippen LogP contribution in [-0.4, -0.2) is 25.1 Å². The van der Waals surface area contributed by atoms with Crippen LogP contribution in [0.1, 0.15) is 32.8 Å². The Morgan fingerprint density at radius 2 is 2.00 bits per heavy atom. The molecule has 114 valence electrons. The summed E-state index contributed by atoms with van der Waals surface area (Å²) in [6, 6.07) is 8.46. The van der Waals surface area contributed by atoms with Gasteiger partial charge >= 0.3 is 0 Å². The van der Waals surface area contributed by atoms with Crippen molar-refractivity contribution >= 4 is 45.9 Å². The van der Waals surface area contributed by atoms with E-state index < -0.39 is 0 Å². The topological polar surface area (TPSA) is 36.4 Å². The van der Waals surface area contributed by atoms with Gasteiger partial charge in [-0.3, -0.25) is 4.99 Å². The Morgan fingerprint density at radius 1 is 1.30 bits per heavy atom. The van der Waals surface area contributed by atoms with Gasteiger partial charge in [-0.1, -0.05) is 28.1 Å². The lowest BCUT2D eigenvalue weighted by molar-refractivity contribution is 0.501. The van der Waals surface area contributed by atoms with E-state index in [2.05, 4.69) is 76.6 Å². The van der Waals surface area contributed by atoms with E-state index in [1.165, 1.54) is 5.56 Å². The molecule has 0 bridgehead atoms. The third kappa shape index (κ3) is 8.79. The van der Waals surface area contributed by atoms with E-state index >= 15 is 0 Å². The first-order valence-corrected chi connectivity index (χ1v) is 7.43. The molecule has 20 heavy (non-hydrogen) atoms. The summed E-state index contributed by atoms with van der Waals surface area (Å²) in [6.45, 7) is 7.30. The number of halogens is 2. The average molecular weight is 454 g/mol. The summed E-state index contributed by atoms with van der Waals surface area (Å²) in [6.07, 6.45) is 2.15. The fraction of sp³-hybridized carbons (Fsp3) is 0.533. The van der Waals surface area contributed by atoms with Gasteiger partial charge in [0.1, 0.15) is 0 Å². The minimum atomic E-state index is 0. The van der Waals surface area contributed by atoms with Crippen molar-refractivity contribution in [3.8, 4) is 0 Å². The van der Waals surface area contributed by atoms with E-state index in [0.29, 0.717) is 0 Å². The van der Waals surface area contributed by atoms with Crippen LogP contribution in [0, 0.1) is 0 Å². The van der Waals surface area contributed by atoms with Crippen molar-refractivity contribution in [1.82, 2.24) is 10.6 Å². The summed E-state index contributed by atoms with van der Waals surface area (Å²) in [5, 5.41) is 6.68. The van der Waals surface area contributed by atoms with E-state index in [0.717, 1.165) is 29.8 Å². The Hall–Kier alpha value is -0.300. The average Bonchev–Trinajstić information content (AvgIpc) is 2.31. The van der Waals surface area contributed by atoms with Gasteiger partial charge in [0.2, 0.25) is 0 Å². The Morgan fingerprint density at radius 3 is 2.55 bits per heavy atom. The van der Waals surface area contributed by atoms with Gasteiger partial charge in [-0.2, -0.15) is 0 Å². The molecule has 0 unspecified atom stereocenters. The maximum atomic E-state index is 4.22. The minimum Gasteiger partial charge on any atom is -0.356 e. The number of benzene rings is 1. The zero-order valence-electron chi connectivity index (χ0n) is 12.7. The highest BCUT2D eigenvalue weighted by atomic mass is 127. The lowest BCUT2D eigenvalue weighted by Gasteiger charge is -2.23. The molecule has 0 amide bonds. The minimum absolute atomic E-state index is 0. The second-order valence-electron chi connectivity index (χ2n) is 5.61. The van der Waals surface area contributed by atoms with E-state index in [4.69, 9.17) is 0 Å². The molecule has 0 aromatic heterocycles. The summed E-state index contributed by atoms with van der Waals surface area (Å²) in [5.74, 6) is 0.863. The second kappa shape index (κ2) is 9.60. The highest BCUT2D eigenvalue weighted by Crippen LogP contribution is 2.12. The van der Waals surface area contributed by atoms with Gasteiger partial charge in [0.05, 0.1) is 0 Å². The number of hydrogen-bond acceptors (Lipinski definition) is 1.